The molecule has 0 bridgehead atoms. The van der Waals surface area contributed by atoms with E-state index in [1.807, 2.05) is 37.4 Å². The summed E-state index contributed by atoms with van der Waals surface area (Å²) in [7, 11) is 1.83. The Morgan fingerprint density at radius 2 is 1.92 bits per heavy atom. The summed E-state index contributed by atoms with van der Waals surface area (Å²) in [5.41, 5.74) is 0. The van der Waals surface area contributed by atoms with E-state index in [1.165, 1.54) is 4.90 Å². The predicted octanol–water partition coefficient (Wildman–Crippen LogP) is 1.63. The van der Waals surface area contributed by atoms with E-state index in [4.69, 9.17) is 12.2 Å². The monoisotopic (exact) mass is 207 g/mol. The molecule has 0 spiro atoms. The van der Waals surface area contributed by atoms with Gasteiger partial charge in [0, 0.05) is 11.9 Å². The normalized spacial score (nSPS) is 8.42. The first-order valence-corrected chi connectivity index (χ1v) is 4.50. The van der Waals surface area contributed by atoms with Gasteiger partial charge in [-0.05, 0) is 12.1 Å². The fourth-order valence-electron chi connectivity index (χ4n) is 0.647. The number of hydrogen-bond donors (Lipinski definition) is 1. The second-order valence-corrected chi connectivity index (χ2v) is 3.70. The standard InChI is InChI=1S/C8H9NS2.Na.H/c1-9-8(10)11-7-5-3-2-4-6-7;;/h2-6H,1H3,(H,9,10);;. The maximum absolute atomic E-state index is 4.99. The van der Waals surface area contributed by atoms with Crippen LogP contribution in [-0.4, -0.2) is 40.9 Å². The van der Waals surface area contributed by atoms with Crippen molar-refractivity contribution in [1.29, 1.82) is 0 Å². The average molecular weight is 207 g/mol. The van der Waals surface area contributed by atoms with Gasteiger partial charge in [0.05, 0.1) is 0 Å². The molecule has 1 N–H and O–H groups in total. The van der Waals surface area contributed by atoms with Crippen LogP contribution in [0.2, 0.25) is 0 Å². The van der Waals surface area contributed by atoms with Crippen LogP contribution in [-0.2, 0) is 0 Å². The summed E-state index contributed by atoms with van der Waals surface area (Å²) < 4.78 is 0.802. The molecule has 1 nitrogen and oxygen atoms in total. The van der Waals surface area contributed by atoms with Crippen molar-refractivity contribution in [3.05, 3.63) is 30.3 Å². The zero-order valence-corrected chi connectivity index (χ0v) is 7.84. The van der Waals surface area contributed by atoms with Crippen molar-refractivity contribution in [2.45, 2.75) is 4.90 Å². The number of nitrogens with one attached hydrogen (secondary N) is 1. The molecule has 4 heteroatoms. The summed E-state index contributed by atoms with van der Waals surface area (Å²) in [5.74, 6) is 0. The van der Waals surface area contributed by atoms with E-state index in [1.54, 1.807) is 11.8 Å². The fourth-order valence-corrected chi connectivity index (χ4v) is 1.54. The average Bonchev–Trinajstić information content (AvgIpc) is 2.06. The first-order chi connectivity index (χ1) is 5.33. The Morgan fingerprint density at radius 1 is 1.33 bits per heavy atom. The van der Waals surface area contributed by atoms with Crippen LogP contribution in [0, 0.1) is 0 Å². The van der Waals surface area contributed by atoms with Gasteiger partial charge in [-0.15, -0.1) is 0 Å². The molecule has 0 atom stereocenters. The second-order valence-electron chi connectivity index (χ2n) is 1.95. The molecule has 1 rings (SSSR count). The van der Waals surface area contributed by atoms with Crippen molar-refractivity contribution in [2.75, 3.05) is 7.05 Å². The van der Waals surface area contributed by atoms with Crippen LogP contribution in [0.25, 0.3) is 0 Å². The minimum absolute atomic E-state index is 0. The van der Waals surface area contributed by atoms with Crippen molar-refractivity contribution < 1.29 is 0 Å². The van der Waals surface area contributed by atoms with Crippen molar-refractivity contribution >= 4 is 57.9 Å². The van der Waals surface area contributed by atoms with Crippen molar-refractivity contribution in [3.63, 3.8) is 0 Å². The molecular formula is C8H10NNaS2. The van der Waals surface area contributed by atoms with E-state index in [0.29, 0.717) is 0 Å². The number of thioether (sulfide) groups is 1. The number of rotatable bonds is 1. The van der Waals surface area contributed by atoms with Gasteiger partial charge in [0.25, 0.3) is 0 Å². The summed E-state index contributed by atoms with van der Waals surface area (Å²) in [6.07, 6.45) is 0. The molecule has 0 aliphatic rings. The quantitative estimate of drug-likeness (QED) is 0.427. The number of hydrogen-bond acceptors (Lipinski definition) is 2. The minimum atomic E-state index is 0. The SMILES string of the molecule is CNC(=S)Sc1ccccc1.[NaH]. The van der Waals surface area contributed by atoms with Gasteiger partial charge < -0.3 is 5.32 Å². The van der Waals surface area contributed by atoms with Gasteiger partial charge in [-0.1, -0.05) is 42.2 Å². The molecule has 0 aromatic heterocycles. The van der Waals surface area contributed by atoms with E-state index in [9.17, 15) is 0 Å². The fraction of sp³-hybridized carbons (Fsp3) is 0.125. The van der Waals surface area contributed by atoms with Crippen LogP contribution in [0.4, 0.5) is 0 Å². The first kappa shape index (κ1) is 12.5. The molecule has 0 unspecified atom stereocenters. The molecule has 0 aliphatic heterocycles. The molecule has 1 aromatic carbocycles. The zero-order chi connectivity index (χ0) is 8.10. The molecule has 0 saturated carbocycles. The van der Waals surface area contributed by atoms with E-state index >= 15 is 0 Å². The first-order valence-electron chi connectivity index (χ1n) is 3.27. The molecule has 0 fully saturated rings. The van der Waals surface area contributed by atoms with Gasteiger partial charge >= 0.3 is 29.6 Å². The Balaban J connectivity index is 0.00000121. The van der Waals surface area contributed by atoms with Gasteiger partial charge in [-0.25, -0.2) is 0 Å². The Labute approximate surface area is 105 Å². The third kappa shape index (κ3) is 4.48. The maximum atomic E-state index is 4.99. The van der Waals surface area contributed by atoms with Crippen LogP contribution >= 0.6 is 24.0 Å². The van der Waals surface area contributed by atoms with E-state index in [0.717, 1.165) is 4.32 Å². The van der Waals surface area contributed by atoms with Crippen LogP contribution in [0.1, 0.15) is 0 Å². The van der Waals surface area contributed by atoms with Crippen LogP contribution in [0.15, 0.2) is 35.2 Å². The third-order valence-electron chi connectivity index (χ3n) is 1.16. The zero-order valence-electron chi connectivity index (χ0n) is 6.20. The molecule has 0 saturated heterocycles. The van der Waals surface area contributed by atoms with Crippen molar-refractivity contribution in [2.24, 2.45) is 0 Å². The molecular weight excluding hydrogens is 197 g/mol. The Hall–Kier alpha value is 0.460. The van der Waals surface area contributed by atoms with Gasteiger partial charge in [0.1, 0.15) is 4.32 Å². The topological polar surface area (TPSA) is 12.0 Å². The van der Waals surface area contributed by atoms with Gasteiger partial charge in [-0.2, -0.15) is 0 Å². The molecule has 0 heterocycles. The van der Waals surface area contributed by atoms with E-state index < -0.39 is 0 Å². The molecule has 1 aromatic rings. The third-order valence-corrected chi connectivity index (χ3v) is 2.51. The summed E-state index contributed by atoms with van der Waals surface area (Å²) in [6.45, 7) is 0. The Morgan fingerprint density at radius 3 is 2.42 bits per heavy atom. The summed E-state index contributed by atoms with van der Waals surface area (Å²) in [4.78, 5) is 1.17. The van der Waals surface area contributed by atoms with Gasteiger partial charge in [0.15, 0.2) is 0 Å². The second kappa shape index (κ2) is 6.92. The molecule has 0 radical (unpaired) electrons. The van der Waals surface area contributed by atoms with Gasteiger partial charge in [0.2, 0.25) is 0 Å². The molecule has 0 aliphatic carbocycles. The van der Waals surface area contributed by atoms with E-state index in [-0.39, 0.29) is 29.6 Å². The Bertz CT molecular complexity index is 238. The van der Waals surface area contributed by atoms with Crippen molar-refractivity contribution in [3.8, 4) is 0 Å². The van der Waals surface area contributed by atoms with Gasteiger partial charge in [-0.3, -0.25) is 0 Å². The molecule has 12 heavy (non-hydrogen) atoms. The number of benzene rings is 1. The summed E-state index contributed by atoms with van der Waals surface area (Å²) in [5, 5.41) is 2.91. The van der Waals surface area contributed by atoms with Crippen LogP contribution in [0.5, 0.6) is 0 Å². The Kier molecular flexibility index (Phi) is 7.19. The van der Waals surface area contributed by atoms with E-state index in [2.05, 4.69) is 5.32 Å². The number of thiocarbonyl (C=S) groups is 1. The molecule has 0 amide bonds. The molecule has 60 valence electrons. The summed E-state index contributed by atoms with van der Waals surface area (Å²) in [6, 6.07) is 10.1. The predicted molar refractivity (Wildman–Crippen MR) is 61.1 cm³/mol. The van der Waals surface area contributed by atoms with Crippen molar-refractivity contribution in [1.82, 2.24) is 5.32 Å². The summed E-state index contributed by atoms with van der Waals surface area (Å²) >= 11 is 6.55. The van der Waals surface area contributed by atoms with Crippen LogP contribution < -0.4 is 5.32 Å². The van der Waals surface area contributed by atoms with Crippen LogP contribution in [0.3, 0.4) is 0 Å².